The minimum Gasteiger partial charge on any atom is -0.191 e. The van der Waals surface area contributed by atoms with Gasteiger partial charge in [0.15, 0.2) is 0 Å². The van der Waals surface area contributed by atoms with Gasteiger partial charge in [0.05, 0.1) is 0 Å². The molecule has 0 spiro atoms. The molecule has 0 saturated heterocycles. The highest BCUT2D eigenvalue weighted by molar-refractivity contribution is 7.17. The van der Waals surface area contributed by atoms with E-state index in [0.717, 1.165) is 23.5 Å². The number of hydrogen-bond donors (Lipinski definition) is 0. The molecule has 0 nitrogen and oxygen atoms in total. The molecule has 85 valence electrons. The maximum Gasteiger partial charge on any atom is 0.458 e. The van der Waals surface area contributed by atoms with Crippen molar-refractivity contribution in [2.75, 3.05) is 0 Å². The Balaban J connectivity index is 2.54. The van der Waals surface area contributed by atoms with Gasteiger partial charge in [0, 0.05) is 21.7 Å². The van der Waals surface area contributed by atoms with E-state index in [1.54, 1.807) is 0 Å². The van der Waals surface area contributed by atoms with Crippen LogP contribution in [0.25, 0.3) is 10.1 Å². The van der Waals surface area contributed by atoms with Crippen molar-refractivity contribution >= 4 is 21.4 Å². The largest absolute Gasteiger partial charge is 0.458 e. The number of halogens is 5. The molecule has 0 saturated carbocycles. The molecule has 0 aliphatic rings. The van der Waals surface area contributed by atoms with Crippen molar-refractivity contribution in [1.82, 2.24) is 0 Å². The van der Waals surface area contributed by atoms with Gasteiger partial charge in [-0.3, -0.25) is 0 Å². The summed E-state index contributed by atoms with van der Waals surface area (Å²) in [6.45, 7) is 0. The maximum atomic E-state index is 13.0. The van der Waals surface area contributed by atoms with Crippen molar-refractivity contribution in [2.24, 2.45) is 0 Å². The summed E-state index contributed by atoms with van der Waals surface area (Å²) in [5.41, 5.74) is -1.04. The average molecular weight is 251 g/mol. The lowest BCUT2D eigenvalue weighted by atomic mass is 10.1. The Kier molecular flexibility index (Phi) is 2.41. The van der Waals surface area contributed by atoms with Gasteiger partial charge < -0.3 is 0 Å². The predicted molar refractivity (Wildman–Crippen MR) is 50.6 cm³/mol. The third-order valence-electron chi connectivity index (χ3n) is 2.10. The average Bonchev–Trinajstić information content (AvgIpc) is 2.61. The Bertz CT molecular complexity index is 511. The van der Waals surface area contributed by atoms with Crippen molar-refractivity contribution in [1.29, 1.82) is 0 Å². The molecule has 1 heterocycles. The summed E-state index contributed by atoms with van der Waals surface area (Å²) in [6.07, 6.45) is -5.57. The topological polar surface area (TPSA) is 0 Å². The van der Waals surface area contributed by atoms with Gasteiger partial charge in [0.2, 0.25) is 0 Å². The third kappa shape index (κ3) is 1.67. The van der Waals surface area contributed by atoms with Gasteiger partial charge >= 0.3 is 12.1 Å². The third-order valence-corrected chi connectivity index (χ3v) is 2.93. The number of fused-ring (bicyclic) bond motifs is 1. The smallest absolute Gasteiger partial charge is 0.191 e. The van der Waals surface area contributed by atoms with Gasteiger partial charge in [-0.1, -0.05) is 12.1 Å². The van der Waals surface area contributed by atoms with Crippen LogP contribution in [0.2, 0.25) is 0 Å². The van der Waals surface area contributed by atoms with Crippen LogP contribution in [0.3, 0.4) is 0 Å². The summed E-state index contributed by atoms with van der Waals surface area (Å²) in [4.78, 5) is 0. The Hall–Kier alpha value is -1.17. The molecule has 2 aromatic rings. The Morgan fingerprint density at radius 3 is 2.38 bits per heavy atom. The molecule has 0 bridgehead atoms. The zero-order chi connectivity index (χ0) is 12.0. The molecule has 0 amide bonds. The van der Waals surface area contributed by atoms with Crippen molar-refractivity contribution < 1.29 is 22.0 Å². The summed E-state index contributed by atoms with van der Waals surface area (Å²) in [7, 11) is 0. The summed E-state index contributed by atoms with van der Waals surface area (Å²) >= 11 is 1.07. The number of benzene rings is 1. The first-order valence-electron chi connectivity index (χ1n) is 4.16. The van der Waals surface area contributed by atoms with Crippen LogP contribution in [0.1, 0.15) is 5.56 Å². The van der Waals surface area contributed by atoms with Crippen LogP contribution in [0.5, 0.6) is 0 Å². The highest BCUT2D eigenvalue weighted by Gasteiger charge is 2.58. The van der Waals surface area contributed by atoms with Gasteiger partial charge in [0.1, 0.15) is 0 Å². The molecular weight excluding hydrogens is 247 g/mol. The van der Waals surface area contributed by atoms with Gasteiger partial charge in [0.25, 0.3) is 0 Å². The molecule has 2 rings (SSSR count). The lowest BCUT2D eigenvalue weighted by Gasteiger charge is -2.19. The molecule has 0 N–H and O–H groups in total. The summed E-state index contributed by atoms with van der Waals surface area (Å²) < 4.78 is 62.6. The van der Waals surface area contributed by atoms with E-state index in [1.165, 1.54) is 11.4 Å². The second-order valence-corrected chi connectivity index (χ2v) is 4.07. The molecule has 6 heteroatoms. The standard InChI is InChI=1S/C10H4F5S/c11-9(12,10(13,14)15)7-2-1-6-3-4-16-8(6)5-7/h1-2,4-5H. The van der Waals surface area contributed by atoms with E-state index < -0.39 is 17.7 Å². The fraction of sp³-hybridized carbons (Fsp3) is 0.200. The van der Waals surface area contributed by atoms with Crippen LogP contribution in [-0.2, 0) is 5.92 Å². The Labute approximate surface area is 91.3 Å². The lowest BCUT2D eigenvalue weighted by molar-refractivity contribution is -0.289. The van der Waals surface area contributed by atoms with Crippen LogP contribution in [0.4, 0.5) is 22.0 Å². The van der Waals surface area contributed by atoms with Crippen LogP contribution < -0.4 is 0 Å². The molecule has 0 aliphatic carbocycles. The van der Waals surface area contributed by atoms with Crippen molar-refractivity contribution in [2.45, 2.75) is 12.1 Å². The van der Waals surface area contributed by atoms with E-state index in [9.17, 15) is 22.0 Å². The molecular formula is C10H4F5S. The lowest BCUT2D eigenvalue weighted by Crippen LogP contribution is -2.33. The second-order valence-electron chi connectivity index (χ2n) is 3.16. The van der Waals surface area contributed by atoms with E-state index in [-0.39, 0.29) is 0 Å². The fourth-order valence-electron chi connectivity index (χ4n) is 1.25. The van der Waals surface area contributed by atoms with E-state index in [2.05, 4.69) is 6.07 Å². The summed E-state index contributed by atoms with van der Waals surface area (Å²) in [5, 5.41) is 2.05. The fourth-order valence-corrected chi connectivity index (χ4v) is 2.02. The number of alkyl halides is 5. The van der Waals surface area contributed by atoms with Gasteiger partial charge in [-0.05, 0) is 11.4 Å². The first kappa shape index (κ1) is 11.3. The first-order valence-corrected chi connectivity index (χ1v) is 5.04. The second kappa shape index (κ2) is 3.41. The Morgan fingerprint density at radius 1 is 1.06 bits per heavy atom. The molecule has 1 aromatic heterocycles. The number of thiophene rings is 1. The molecule has 1 radical (unpaired) electrons. The Morgan fingerprint density at radius 2 is 1.75 bits per heavy atom. The van der Waals surface area contributed by atoms with E-state index in [4.69, 9.17) is 0 Å². The van der Waals surface area contributed by atoms with Crippen LogP contribution in [-0.4, -0.2) is 6.18 Å². The van der Waals surface area contributed by atoms with E-state index >= 15 is 0 Å². The molecule has 0 fully saturated rings. The minimum atomic E-state index is -5.57. The van der Waals surface area contributed by atoms with Gasteiger partial charge in [-0.25, -0.2) is 0 Å². The number of hydrogen-bond acceptors (Lipinski definition) is 1. The zero-order valence-electron chi connectivity index (χ0n) is 7.61. The monoisotopic (exact) mass is 251 g/mol. The van der Waals surface area contributed by atoms with Crippen LogP contribution in [0, 0.1) is 6.07 Å². The van der Waals surface area contributed by atoms with E-state index in [1.807, 2.05) is 0 Å². The maximum absolute atomic E-state index is 13.0. The summed E-state index contributed by atoms with van der Waals surface area (Å²) in [5.74, 6) is -4.81. The first-order chi connectivity index (χ1) is 7.32. The van der Waals surface area contributed by atoms with Crippen molar-refractivity contribution in [3.63, 3.8) is 0 Å². The van der Waals surface area contributed by atoms with Crippen molar-refractivity contribution in [3.8, 4) is 0 Å². The zero-order valence-corrected chi connectivity index (χ0v) is 8.42. The van der Waals surface area contributed by atoms with Crippen molar-refractivity contribution in [3.05, 3.63) is 35.2 Å². The molecule has 0 atom stereocenters. The van der Waals surface area contributed by atoms with E-state index in [0.29, 0.717) is 10.1 Å². The molecule has 1 aromatic carbocycles. The van der Waals surface area contributed by atoms with Crippen LogP contribution in [0.15, 0.2) is 23.6 Å². The summed E-state index contributed by atoms with van der Waals surface area (Å²) in [6, 6.07) is 5.57. The SMILES string of the molecule is FC(F)(F)C(F)(F)c1ccc2[c]csc2c1. The predicted octanol–water partition coefficient (Wildman–Crippen LogP) is 4.36. The van der Waals surface area contributed by atoms with Crippen LogP contribution >= 0.6 is 11.3 Å². The van der Waals surface area contributed by atoms with Gasteiger partial charge in [-0.2, -0.15) is 22.0 Å². The van der Waals surface area contributed by atoms with Gasteiger partial charge in [-0.15, -0.1) is 11.3 Å². The highest BCUT2D eigenvalue weighted by atomic mass is 32.1. The highest BCUT2D eigenvalue weighted by Crippen LogP contribution is 2.44. The quantitative estimate of drug-likeness (QED) is 0.661. The molecule has 0 aliphatic heterocycles. The molecule has 0 unspecified atom stereocenters. The molecule has 16 heavy (non-hydrogen) atoms. The minimum absolute atomic E-state index is 0.362. The number of rotatable bonds is 1. The normalized spacial score (nSPS) is 13.3.